The van der Waals surface area contributed by atoms with Gasteiger partial charge in [-0.1, -0.05) is 175 Å². The molecule has 0 spiro atoms. The van der Waals surface area contributed by atoms with Crippen LogP contribution in [0.1, 0.15) is 81.8 Å². The van der Waals surface area contributed by atoms with Crippen LogP contribution in [0.4, 0.5) is 11.4 Å². The Kier molecular flexibility index (Phi) is 11.9. The Bertz CT molecular complexity index is 3200. The number of aromatic nitrogens is 2. The predicted molar refractivity (Wildman–Crippen MR) is 269 cm³/mol. The molecule has 7 aromatic carbocycles. The van der Waals surface area contributed by atoms with Gasteiger partial charge in [0.05, 0.1) is 0 Å². The number of para-hydroxylation sites is 1. The third kappa shape index (κ3) is 8.38. The number of nitrogens with zero attached hydrogens (tertiary/aromatic N) is 4. The van der Waals surface area contributed by atoms with E-state index >= 15 is 0 Å². The molecule has 0 N–H and O–H groups in total. The van der Waals surface area contributed by atoms with Crippen LogP contribution >= 0.6 is 0 Å². The maximum absolute atomic E-state index is 6.97. The average Bonchev–Trinajstić information content (AvgIpc) is 3.92. The molecule has 6 heteroatoms. The van der Waals surface area contributed by atoms with Gasteiger partial charge in [-0.15, -0.1) is 53.6 Å². The van der Waals surface area contributed by atoms with Gasteiger partial charge in [0.25, 0.3) is 0 Å². The molecule has 0 saturated heterocycles. The fourth-order valence-electron chi connectivity index (χ4n) is 9.04. The first-order valence-corrected chi connectivity index (χ1v) is 22.4. The normalized spacial score (nSPS) is 13.2. The van der Waals surface area contributed by atoms with E-state index in [1.165, 1.54) is 22.3 Å². The Morgan fingerprint density at radius 1 is 0.530 bits per heavy atom. The number of rotatable bonds is 10. The SMILES string of the molecule is CC(C)(C)c1cccc(N2C=C(c3ccccc3)N(c3[c-]c(Oc4[c-]c5c(cc4)c4ccccc4n5-c4cc(C(C)(C)c5ccccc5)ccn4)cc(C(C)(C)c4ccccc4)c3)[CH-]2)c1.[Pt]. The van der Waals surface area contributed by atoms with E-state index in [1.807, 2.05) is 12.3 Å². The zero-order chi connectivity index (χ0) is 44.9. The molecule has 0 bridgehead atoms. The summed E-state index contributed by atoms with van der Waals surface area (Å²) in [7, 11) is 0. The van der Waals surface area contributed by atoms with Crippen molar-refractivity contribution in [1.82, 2.24) is 9.55 Å². The van der Waals surface area contributed by atoms with E-state index in [2.05, 4.69) is 258 Å². The van der Waals surface area contributed by atoms with Gasteiger partial charge >= 0.3 is 0 Å². The van der Waals surface area contributed by atoms with E-state index in [9.17, 15) is 0 Å². The number of benzene rings is 7. The van der Waals surface area contributed by atoms with Crippen LogP contribution in [0.3, 0.4) is 0 Å². The van der Waals surface area contributed by atoms with Crippen molar-refractivity contribution in [3.8, 4) is 17.3 Å². The molecule has 10 rings (SSSR count). The topological polar surface area (TPSA) is 33.5 Å². The molecule has 9 aromatic rings. The van der Waals surface area contributed by atoms with Crippen molar-refractivity contribution >= 4 is 38.9 Å². The smallest absolute Gasteiger partial charge is 0.135 e. The van der Waals surface area contributed by atoms with Gasteiger partial charge in [0.2, 0.25) is 0 Å². The zero-order valence-corrected chi connectivity index (χ0v) is 40.8. The van der Waals surface area contributed by atoms with Crippen molar-refractivity contribution in [2.75, 3.05) is 9.80 Å². The van der Waals surface area contributed by atoms with Crippen molar-refractivity contribution in [2.24, 2.45) is 0 Å². The second-order valence-electron chi connectivity index (χ2n) is 19.1. The summed E-state index contributed by atoms with van der Waals surface area (Å²) in [5, 5.41) is 2.20. The second kappa shape index (κ2) is 17.6. The second-order valence-corrected chi connectivity index (χ2v) is 19.1. The van der Waals surface area contributed by atoms with Gasteiger partial charge in [-0.2, -0.15) is 6.07 Å². The number of ether oxygens (including phenoxy) is 1. The van der Waals surface area contributed by atoms with Crippen LogP contribution < -0.4 is 14.5 Å². The number of fused-ring (bicyclic) bond motifs is 3. The minimum atomic E-state index is -0.370. The monoisotopic (exact) mass is 1040 g/mol. The Hall–Kier alpha value is -6.68. The van der Waals surface area contributed by atoms with Gasteiger partial charge in [-0.05, 0) is 80.6 Å². The van der Waals surface area contributed by atoms with E-state index in [-0.39, 0.29) is 37.3 Å². The molecule has 0 saturated carbocycles. The van der Waals surface area contributed by atoms with Gasteiger partial charge in [0, 0.05) is 61.1 Å². The van der Waals surface area contributed by atoms with Crippen LogP contribution in [-0.4, -0.2) is 9.55 Å². The van der Waals surface area contributed by atoms with E-state index in [1.54, 1.807) is 0 Å². The number of hydrogen-bond acceptors (Lipinski definition) is 4. The molecule has 66 heavy (non-hydrogen) atoms. The fraction of sp³-hybridized carbons (Fsp3) is 0.167. The Balaban J connectivity index is 0.00000548. The number of pyridine rings is 1. The summed E-state index contributed by atoms with van der Waals surface area (Å²) in [6.07, 6.45) is 4.13. The Morgan fingerprint density at radius 3 is 1.86 bits per heavy atom. The van der Waals surface area contributed by atoms with Crippen LogP contribution in [0.25, 0.3) is 33.3 Å². The minimum Gasteiger partial charge on any atom is -0.509 e. The van der Waals surface area contributed by atoms with Crippen LogP contribution in [-0.2, 0) is 37.3 Å². The van der Waals surface area contributed by atoms with Gasteiger partial charge in [-0.3, -0.25) is 0 Å². The van der Waals surface area contributed by atoms with Crippen molar-refractivity contribution in [3.63, 3.8) is 0 Å². The van der Waals surface area contributed by atoms with Crippen molar-refractivity contribution in [2.45, 2.75) is 64.7 Å². The molecule has 1 aliphatic heterocycles. The molecule has 0 fully saturated rings. The zero-order valence-electron chi connectivity index (χ0n) is 38.5. The third-order valence-electron chi connectivity index (χ3n) is 13.1. The van der Waals surface area contributed by atoms with Gasteiger partial charge in [0.15, 0.2) is 0 Å². The van der Waals surface area contributed by atoms with Crippen molar-refractivity contribution < 1.29 is 25.8 Å². The van der Waals surface area contributed by atoms with Gasteiger partial charge < -0.3 is 19.1 Å². The average molecular weight is 1040 g/mol. The van der Waals surface area contributed by atoms with Crippen molar-refractivity contribution in [1.29, 1.82) is 0 Å². The standard InChI is InChI=1S/C60H53N4O.Pt/c1-58(2,3)45-26-19-27-48(34-45)62-40-56(42-20-11-8-12-21-42)63(41-62)49-35-47(60(6,7)44-24-15-10-16-25-44)36-51(38-49)65-50-30-31-53-52-28-17-18-29-54(52)64(55(53)39-50)57-37-46(32-33-61-57)59(4,5)43-22-13-9-14-23-43;/h8-37,40-41H,1-7H3;/q-3;. The van der Waals surface area contributed by atoms with E-state index in [0.717, 1.165) is 55.8 Å². The summed E-state index contributed by atoms with van der Waals surface area (Å²) in [4.78, 5) is 9.43. The molecule has 2 aromatic heterocycles. The molecule has 332 valence electrons. The number of anilines is 2. The molecule has 0 atom stereocenters. The molecule has 3 heterocycles. The van der Waals surface area contributed by atoms with E-state index in [4.69, 9.17) is 9.72 Å². The Morgan fingerprint density at radius 2 is 1.17 bits per heavy atom. The van der Waals surface area contributed by atoms with Crippen LogP contribution in [0.5, 0.6) is 11.5 Å². The number of hydrogen-bond donors (Lipinski definition) is 0. The largest absolute Gasteiger partial charge is 0.509 e. The molecule has 0 radical (unpaired) electrons. The fourth-order valence-corrected chi connectivity index (χ4v) is 9.04. The maximum atomic E-state index is 6.97. The first-order valence-electron chi connectivity index (χ1n) is 22.4. The van der Waals surface area contributed by atoms with Crippen LogP contribution in [0.15, 0.2) is 188 Å². The molecule has 0 unspecified atom stereocenters. The molecular weight excluding hydrogens is 988 g/mol. The predicted octanol–water partition coefficient (Wildman–Crippen LogP) is 15.0. The summed E-state index contributed by atoms with van der Waals surface area (Å²) >= 11 is 0. The summed E-state index contributed by atoms with van der Waals surface area (Å²) in [6, 6.07) is 69.5. The quantitative estimate of drug-likeness (QED) is 0.128. The van der Waals surface area contributed by atoms with Crippen molar-refractivity contribution in [3.05, 3.63) is 241 Å². The maximum Gasteiger partial charge on any atom is 0.135 e. The summed E-state index contributed by atoms with van der Waals surface area (Å²) < 4.78 is 9.18. The molecule has 1 aliphatic rings. The first kappa shape index (κ1) is 44.5. The third-order valence-corrected chi connectivity index (χ3v) is 13.1. The van der Waals surface area contributed by atoms with E-state index in [0.29, 0.717) is 11.5 Å². The van der Waals surface area contributed by atoms with Gasteiger partial charge in [0.1, 0.15) is 5.82 Å². The molecule has 0 aliphatic carbocycles. The molecule has 0 amide bonds. The van der Waals surface area contributed by atoms with E-state index < -0.39 is 0 Å². The van der Waals surface area contributed by atoms with Gasteiger partial charge in [-0.25, -0.2) is 4.98 Å². The Labute approximate surface area is 404 Å². The molecule has 5 nitrogen and oxygen atoms in total. The summed E-state index contributed by atoms with van der Waals surface area (Å²) in [6.45, 7) is 18.0. The summed E-state index contributed by atoms with van der Waals surface area (Å²) in [5.74, 6) is 2.01. The summed E-state index contributed by atoms with van der Waals surface area (Å²) in [5.41, 5.74) is 11.4. The van der Waals surface area contributed by atoms with Crippen LogP contribution in [0, 0.1) is 18.8 Å². The minimum absolute atomic E-state index is 0. The first-order chi connectivity index (χ1) is 31.3. The molecular formula is C60H53N4OPt-3. The van der Waals surface area contributed by atoms with Crippen LogP contribution in [0.2, 0.25) is 0 Å².